The number of halogens is 1. The summed E-state index contributed by atoms with van der Waals surface area (Å²) in [5, 5.41) is 7.08. The molecule has 5 heteroatoms. The smallest absolute Gasteiger partial charge is 0.240 e. The third-order valence-corrected chi connectivity index (χ3v) is 4.53. The van der Waals surface area contributed by atoms with E-state index in [2.05, 4.69) is 15.5 Å². The van der Waals surface area contributed by atoms with Crippen LogP contribution in [0.3, 0.4) is 0 Å². The number of piperazine rings is 1. The number of hydrogen-bond acceptors (Lipinski definition) is 3. The van der Waals surface area contributed by atoms with Crippen LogP contribution in [0.5, 0.6) is 0 Å². The predicted molar refractivity (Wildman–Crippen MR) is 86.5 cm³/mol. The highest BCUT2D eigenvalue weighted by atomic mass is 35.5. The molecule has 4 nitrogen and oxygen atoms in total. The van der Waals surface area contributed by atoms with Crippen LogP contribution >= 0.6 is 11.6 Å². The molecule has 0 aliphatic carbocycles. The van der Waals surface area contributed by atoms with Crippen LogP contribution in [0.1, 0.15) is 32.4 Å². The Labute approximate surface area is 131 Å². The van der Waals surface area contributed by atoms with Gasteiger partial charge in [-0.2, -0.15) is 0 Å². The molecule has 0 aromatic heterocycles. The molecule has 0 saturated carbocycles. The molecule has 0 bridgehead atoms. The summed E-state index contributed by atoms with van der Waals surface area (Å²) in [4.78, 5) is 14.9. The van der Waals surface area contributed by atoms with E-state index in [0.717, 1.165) is 31.7 Å². The zero-order chi connectivity index (χ0) is 15.5. The zero-order valence-corrected chi connectivity index (χ0v) is 13.7. The van der Waals surface area contributed by atoms with Gasteiger partial charge in [0.1, 0.15) is 0 Å². The molecule has 1 aliphatic heterocycles. The number of hydrogen-bond donors (Lipinski definition) is 2. The minimum atomic E-state index is -0.516. The van der Waals surface area contributed by atoms with Crippen molar-refractivity contribution in [1.82, 2.24) is 15.5 Å². The zero-order valence-electron chi connectivity index (χ0n) is 12.9. The second-order valence-electron chi connectivity index (χ2n) is 6.01. The molecule has 1 aromatic rings. The number of nitrogens with one attached hydrogen (secondary N) is 2. The van der Waals surface area contributed by atoms with Crippen molar-refractivity contribution in [2.24, 2.45) is 0 Å². The van der Waals surface area contributed by atoms with Crippen molar-refractivity contribution in [1.29, 1.82) is 0 Å². The van der Waals surface area contributed by atoms with Gasteiger partial charge >= 0.3 is 0 Å². The Morgan fingerprint density at radius 1 is 1.33 bits per heavy atom. The Balaban J connectivity index is 2.04. The summed E-state index contributed by atoms with van der Waals surface area (Å²) < 4.78 is 0. The van der Waals surface area contributed by atoms with Crippen LogP contribution < -0.4 is 10.6 Å². The van der Waals surface area contributed by atoms with Crippen LogP contribution in [0, 0.1) is 0 Å². The second kappa shape index (κ2) is 6.77. The van der Waals surface area contributed by atoms with Crippen molar-refractivity contribution in [3.05, 3.63) is 34.9 Å². The quantitative estimate of drug-likeness (QED) is 0.896. The average Bonchev–Trinajstić information content (AvgIpc) is 2.48. The van der Waals surface area contributed by atoms with Crippen molar-refractivity contribution in [2.75, 3.05) is 26.2 Å². The van der Waals surface area contributed by atoms with Gasteiger partial charge in [0.2, 0.25) is 5.91 Å². The predicted octanol–water partition coefficient (Wildman–Crippen LogP) is 2.20. The first-order chi connectivity index (χ1) is 9.93. The van der Waals surface area contributed by atoms with Gasteiger partial charge in [0.25, 0.3) is 0 Å². The molecule has 1 saturated heterocycles. The monoisotopic (exact) mass is 309 g/mol. The molecule has 1 unspecified atom stereocenters. The molecular formula is C16H24ClN3O. The fourth-order valence-electron chi connectivity index (χ4n) is 2.64. The van der Waals surface area contributed by atoms with E-state index in [1.54, 1.807) is 0 Å². The number of amides is 1. The molecule has 2 rings (SSSR count). The van der Waals surface area contributed by atoms with Gasteiger partial charge in [-0.15, -0.1) is 0 Å². The van der Waals surface area contributed by atoms with Crippen molar-refractivity contribution in [3.63, 3.8) is 0 Å². The van der Waals surface area contributed by atoms with E-state index >= 15 is 0 Å². The van der Waals surface area contributed by atoms with E-state index in [0.29, 0.717) is 5.02 Å². The van der Waals surface area contributed by atoms with Gasteiger partial charge in [0.15, 0.2) is 0 Å². The first-order valence-corrected chi connectivity index (χ1v) is 7.82. The normalized spacial score (nSPS) is 18.3. The van der Waals surface area contributed by atoms with E-state index < -0.39 is 5.54 Å². The summed E-state index contributed by atoms with van der Waals surface area (Å²) in [6.45, 7) is 9.56. The third kappa shape index (κ3) is 3.76. The Bertz CT molecular complexity index is 498. The fraction of sp³-hybridized carbons (Fsp3) is 0.562. The molecule has 1 aromatic carbocycles. The molecule has 1 fully saturated rings. The molecule has 0 radical (unpaired) electrons. The maximum Gasteiger partial charge on any atom is 0.240 e. The molecule has 0 spiro atoms. The lowest BCUT2D eigenvalue weighted by atomic mass is 9.99. The van der Waals surface area contributed by atoms with E-state index in [4.69, 9.17) is 11.6 Å². The number of rotatable bonds is 4. The standard InChI is InChI=1S/C16H24ClN3O/c1-12(13-6-4-5-7-14(13)17)19-15(21)16(2,3)20-10-8-18-9-11-20/h4-7,12,18H,8-11H2,1-3H3,(H,19,21). The van der Waals surface area contributed by atoms with Crippen LogP contribution in [0.25, 0.3) is 0 Å². The van der Waals surface area contributed by atoms with Crippen LogP contribution in [-0.4, -0.2) is 42.5 Å². The molecule has 1 heterocycles. The average molecular weight is 310 g/mol. The van der Waals surface area contributed by atoms with Crippen molar-refractivity contribution in [3.8, 4) is 0 Å². The van der Waals surface area contributed by atoms with Crippen molar-refractivity contribution >= 4 is 17.5 Å². The van der Waals surface area contributed by atoms with E-state index in [1.807, 2.05) is 45.0 Å². The number of nitrogens with zero attached hydrogens (tertiary/aromatic N) is 1. The van der Waals surface area contributed by atoms with Gasteiger partial charge in [-0.25, -0.2) is 0 Å². The minimum Gasteiger partial charge on any atom is -0.348 e. The molecule has 1 atom stereocenters. The first-order valence-electron chi connectivity index (χ1n) is 7.44. The van der Waals surface area contributed by atoms with Gasteiger partial charge in [-0.1, -0.05) is 29.8 Å². The van der Waals surface area contributed by atoms with E-state index in [1.165, 1.54) is 0 Å². The summed E-state index contributed by atoms with van der Waals surface area (Å²) in [5.41, 5.74) is 0.432. The number of carbonyl (C=O) groups is 1. The van der Waals surface area contributed by atoms with Crippen LogP contribution in [0.2, 0.25) is 5.02 Å². The lowest BCUT2D eigenvalue weighted by Crippen LogP contribution is -2.60. The maximum atomic E-state index is 12.6. The molecular weight excluding hydrogens is 286 g/mol. The van der Waals surface area contributed by atoms with Crippen molar-refractivity contribution in [2.45, 2.75) is 32.4 Å². The van der Waals surface area contributed by atoms with Crippen LogP contribution in [-0.2, 0) is 4.79 Å². The topological polar surface area (TPSA) is 44.4 Å². The second-order valence-corrected chi connectivity index (χ2v) is 6.42. The Morgan fingerprint density at radius 2 is 1.95 bits per heavy atom. The summed E-state index contributed by atoms with van der Waals surface area (Å²) in [5.74, 6) is 0.0387. The number of benzene rings is 1. The lowest BCUT2D eigenvalue weighted by Gasteiger charge is -2.40. The third-order valence-electron chi connectivity index (χ3n) is 4.18. The summed E-state index contributed by atoms with van der Waals surface area (Å²) in [7, 11) is 0. The Morgan fingerprint density at radius 3 is 2.57 bits per heavy atom. The highest BCUT2D eigenvalue weighted by Gasteiger charge is 2.35. The summed E-state index contributed by atoms with van der Waals surface area (Å²) in [6.07, 6.45) is 0. The summed E-state index contributed by atoms with van der Waals surface area (Å²) in [6, 6.07) is 7.52. The largest absolute Gasteiger partial charge is 0.348 e. The highest BCUT2D eigenvalue weighted by Crippen LogP contribution is 2.24. The Hall–Kier alpha value is -1.10. The Kier molecular flexibility index (Phi) is 5.25. The van der Waals surface area contributed by atoms with Gasteiger partial charge in [-0.05, 0) is 32.4 Å². The molecule has 21 heavy (non-hydrogen) atoms. The highest BCUT2D eigenvalue weighted by molar-refractivity contribution is 6.31. The van der Waals surface area contributed by atoms with E-state index in [-0.39, 0.29) is 11.9 Å². The van der Waals surface area contributed by atoms with Crippen LogP contribution in [0.15, 0.2) is 24.3 Å². The van der Waals surface area contributed by atoms with Gasteiger partial charge in [0, 0.05) is 31.2 Å². The molecule has 1 aliphatic rings. The fourth-order valence-corrected chi connectivity index (χ4v) is 2.94. The lowest BCUT2D eigenvalue weighted by molar-refractivity contribution is -0.132. The molecule has 116 valence electrons. The van der Waals surface area contributed by atoms with Crippen LogP contribution in [0.4, 0.5) is 0 Å². The summed E-state index contributed by atoms with van der Waals surface area (Å²) >= 11 is 6.20. The minimum absolute atomic E-state index is 0.0387. The SMILES string of the molecule is CC(NC(=O)C(C)(C)N1CCNCC1)c1ccccc1Cl. The molecule has 1 amide bonds. The number of carbonyl (C=O) groups excluding carboxylic acids is 1. The molecule has 2 N–H and O–H groups in total. The van der Waals surface area contributed by atoms with Gasteiger partial charge in [-0.3, -0.25) is 9.69 Å². The maximum absolute atomic E-state index is 12.6. The van der Waals surface area contributed by atoms with Gasteiger partial charge < -0.3 is 10.6 Å². The van der Waals surface area contributed by atoms with Crippen molar-refractivity contribution < 1.29 is 4.79 Å². The van der Waals surface area contributed by atoms with E-state index in [9.17, 15) is 4.79 Å². The first kappa shape index (κ1) is 16.3. The van der Waals surface area contributed by atoms with Gasteiger partial charge in [0.05, 0.1) is 11.6 Å².